The van der Waals surface area contributed by atoms with Gasteiger partial charge in [-0.3, -0.25) is 9.69 Å². The number of ether oxygens (including phenoxy) is 1. The molecule has 1 heterocycles. The van der Waals surface area contributed by atoms with E-state index < -0.39 is 15.9 Å². The number of hydrogen-bond acceptors (Lipinski definition) is 6. The molecule has 0 aliphatic carbocycles. The smallest absolute Gasteiger partial charge is 0.153 e. The number of hydrogen-bond donors (Lipinski definition) is 1. The van der Waals surface area contributed by atoms with Crippen LogP contribution in [0.2, 0.25) is 0 Å². The molecule has 1 saturated heterocycles. The molecule has 31 heavy (non-hydrogen) atoms. The zero-order valence-corrected chi connectivity index (χ0v) is 18.9. The van der Waals surface area contributed by atoms with E-state index >= 15 is 0 Å². The maximum atomic E-state index is 12.0. The van der Waals surface area contributed by atoms with Crippen LogP contribution in [0, 0.1) is 0 Å². The number of rotatable bonds is 10. The van der Waals surface area contributed by atoms with Gasteiger partial charge >= 0.3 is 0 Å². The van der Waals surface area contributed by atoms with Crippen LogP contribution in [0.25, 0.3) is 0 Å². The van der Waals surface area contributed by atoms with Gasteiger partial charge in [-0.25, -0.2) is 8.42 Å². The molecule has 2 aromatic carbocycles. The van der Waals surface area contributed by atoms with Gasteiger partial charge in [0.25, 0.3) is 0 Å². The van der Waals surface area contributed by atoms with Gasteiger partial charge in [0.1, 0.15) is 18.5 Å². The lowest BCUT2D eigenvalue weighted by Crippen LogP contribution is -2.42. The Morgan fingerprint density at radius 3 is 2.48 bits per heavy atom. The third-order valence-electron chi connectivity index (χ3n) is 5.68. The maximum Gasteiger partial charge on any atom is 0.153 e. The number of sulfone groups is 1. The summed E-state index contributed by atoms with van der Waals surface area (Å²) in [7, 11) is -3.04. The highest BCUT2D eigenvalue weighted by Gasteiger charge is 2.33. The molecule has 0 amide bonds. The number of aliphatic hydroxyl groups is 1. The molecule has 3 rings (SSSR count). The predicted molar refractivity (Wildman–Crippen MR) is 121 cm³/mol. The molecule has 1 N–H and O–H groups in total. The van der Waals surface area contributed by atoms with Crippen molar-refractivity contribution in [2.75, 3.05) is 24.7 Å². The van der Waals surface area contributed by atoms with E-state index in [-0.39, 0.29) is 30.7 Å². The van der Waals surface area contributed by atoms with Crippen LogP contribution in [0.4, 0.5) is 0 Å². The first-order valence-electron chi connectivity index (χ1n) is 10.7. The first-order valence-corrected chi connectivity index (χ1v) is 12.5. The fourth-order valence-electron chi connectivity index (χ4n) is 3.87. The number of carbonyl (C=O) groups excluding carboxylic acids is 1. The van der Waals surface area contributed by atoms with E-state index in [0.29, 0.717) is 30.2 Å². The molecule has 0 saturated carbocycles. The van der Waals surface area contributed by atoms with Crippen LogP contribution in [0.5, 0.6) is 5.75 Å². The molecule has 2 atom stereocenters. The lowest BCUT2D eigenvalue weighted by Gasteiger charge is -2.30. The zero-order valence-electron chi connectivity index (χ0n) is 18.1. The zero-order chi connectivity index (χ0) is 22.4. The summed E-state index contributed by atoms with van der Waals surface area (Å²) < 4.78 is 29.7. The summed E-state index contributed by atoms with van der Waals surface area (Å²) in [6, 6.07) is 15.1. The second-order valence-electron chi connectivity index (χ2n) is 8.50. The predicted octanol–water partition coefficient (Wildman–Crippen LogP) is 3.05. The summed E-state index contributed by atoms with van der Waals surface area (Å²) in [5, 5.41) is 10.6. The summed E-state index contributed by atoms with van der Waals surface area (Å²) in [4.78, 5) is 13.2. The Balaban J connectivity index is 1.68. The standard InChI is InChI=1S/C24H31NO5S/c1-18(2)20-9-7-19(8-10-20)13-25(22-11-12-31(28,29)17-22)14-23(27)16-30-24-6-4-3-5-21(24)15-26/h3-10,15,18,22-23,27H,11-14,16-17H2,1-2H3. The highest BCUT2D eigenvalue weighted by molar-refractivity contribution is 7.91. The molecule has 1 aliphatic heterocycles. The fraction of sp³-hybridized carbons (Fsp3) is 0.458. The van der Waals surface area contributed by atoms with Crippen molar-refractivity contribution in [3.8, 4) is 5.75 Å². The van der Waals surface area contributed by atoms with Crippen molar-refractivity contribution in [2.45, 2.75) is 44.9 Å². The molecule has 0 bridgehead atoms. The number of benzene rings is 2. The van der Waals surface area contributed by atoms with E-state index in [0.717, 1.165) is 11.8 Å². The average Bonchev–Trinajstić information content (AvgIpc) is 3.12. The summed E-state index contributed by atoms with van der Waals surface area (Å²) in [5.74, 6) is 1.16. The minimum Gasteiger partial charge on any atom is -0.490 e. The van der Waals surface area contributed by atoms with Crippen LogP contribution >= 0.6 is 0 Å². The summed E-state index contributed by atoms with van der Waals surface area (Å²) in [5.41, 5.74) is 2.76. The Morgan fingerprint density at radius 2 is 1.87 bits per heavy atom. The molecule has 1 aliphatic rings. The van der Waals surface area contributed by atoms with Crippen molar-refractivity contribution in [1.82, 2.24) is 4.90 Å². The van der Waals surface area contributed by atoms with Crippen molar-refractivity contribution >= 4 is 16.1 Å². The van der Waals surface area contributed by atoms with Crippen LogP contribution in [-0.2, 0) is 16.4 Å². The van der Waals surface area contributed by atoms with Gasteiger partial charge < -0.3 is 9.84 Å². The second-order valence-corrected chi connectivity index (χ2v) is 10.7. The molecule has 168 valence electrons. The quantitative estimate of drug-likeness (QED) is 0.566. The van der Waals surface area contributed by atoms with Crippen molar-refractivity contribution in [3.63, 3.8) is 0 Å². The Bertz CT molecular complexity index is 972. The summed E-state index contributed by atoms with van der Waals surface area (Å²) >= 11 is 0. The van der Waals surface area contributed by atoms with E-state index in [1.165, 1.54) is 5.56 Å². The van der Waals surface area contributed by atoms with E-state index in [2.05, 4.69) is 38.1 Å². The summed E-state index contributed by atoms with van der Waals surface area (Å²) in [6.07, 6.45) is 0.463. The molecule has 0 radical (unpaired) electrons. The van der Waals surface area contributed by atoms with Crippen molar-refractivity contribution in [2.24, 2.45) is 0 Å². The molecule has 2 aromatic rings. The molecule has 6 nitrogen and oxygen atoms in total. The van der Waals surface area contributed by atoms with Crippen LogP contribution in [0.15, 0.2) is 48.5 Å². The van der Waals surface area contributed by atoms with Gasteiger partial charge in [-0.2, -0.15) is 0 Å². The van der Waals surface area contributed by atoms with Gasteiger partial charge in [-0.15, -0.1) is 0 Å². The van der Waals surface area contributed by atoms with E-state index in [1.807, 2.05) is 4.90 Å². The Kier molecular flexibility index (Phi) is 7.86. The normalized spacial score (nSPS) is 18.9. The largest absolute Gasteiger partial charge is 0.490 e. The first-order chi connectivity index (χ1) is 14.8. The fourth-order valence-corrected chi connectivity index (χ4v) is 5.63. The maximum absolute atomic E-state index is 12.0. The SMILES string of the molecule is CC(C)c1ccc(CN(CC(O)COc2ccccc2C=O)C2CCS(=O)(=O)C2)cc1. The van der Waals surface area contributed by atoms with Gasteiger partial charge in [0, 0.05) is 19.1 Å². The Morgan fingerprint density at radius 1 is 1.16 bits per heavy atom. The third kappa shape index (κ3) is 6.63. The van der Waals surface area contributed by atoms with Crippen LogP contribution in [0.1, 0.15) is 47.7 Å². The first kappa shape index (κ1) is 23.4. The number of carbonyl (C=O) groups is 1. The number of aliphatic hydroxyl groups excluding tert-OH is 1. The average molecular weight is 446 g/mol. The molecule has 0 aromatic heterocycles. The van der Waals surface area contributed by atoms with Crippen molar-refractivity contribution in [1.29, 1.82) is 0 Å². The van der Waals surface area contributed by atoms with Crippen LogP contribution in [0.3, 0.4) is 0 Å². The molecular formula is C24H31NO5S. The highest BCUT2D eigenvalue weighted by atomic mass is 32.2. The van der Waals surface area contributed by atoms with E-state index in [1.54, 1.807) is 24.3 Å². The van der Waals surface area contributed by atoms with Gasteiger partial charge in [0.15, 0.2) is 16.1 Å². The number of para-hydroxylation sites is 1. The van der Waals surface area contributed by atoms with E-state index in [9.17, 15) is 18.3 Å². The van der Waals surface area contributed by atoms with Crippen molar-refractivity contribution in [3.05, 3.63) is 65.2 Å². The van der Waals surface area contributed by atoms with Gasteiger partial charge in [0.05, 0.1) is 17.1 Å². The number of nitrogens with zero attached hydrogens (tertiary/aromatic N) is 1. The topological polar surface area (TPSA) is 83.9 Å². The van der Waals surface area contributed by atoms with E-state index in [4.69, 9.17) is 4.74 Å². The monoisotopic (exact) mass is 445 g/mol. The molecular weight excluding hydrogens is 414 g/mol. The Hall–Kier alpha value is -2.22. The van der Waals surface area contributed by atoms with Gasteiger partial charge in [-0.05, 0) is 35.6 Å². The third-order valence-corrected chi connectivity index (χ3v) is 7.43. The van der Waals surface area contributed by atoms with Gasteiger partial charge in [-0.1, -0.05) is 50.2 Å². The lowest BCUT2D eigenvalue weighted by molar-refractivity contribution is 0.0522. The van der Waals surface area contributed by atoms with Gasteiger partial charge in [0.2, 0.25) is 0 Å². The van der Waals surface area contributed by atoms with Crippen LogP contribution < -0.4 is 4.74 Å². The molecule has 0 spiro atoms. The van der Waals surface area contributed by atoms with Crippen LogP contribution in [-0.4, -0.2) is 61.5 Å². The lowest BCUT2D eigenvalue weighted by atomic mass is 10.0. The minimum atomic E-state index is -3.04. The highest BCUT2D eigenvalue weighted by Crippen LogP contribution is 2.22. The summed E-state index contributed by atoms with van der Waals surface area (Å²) in [6.45, 7) is 5.15. The molecule has 7 heteroatoms. The van der Waals surface area contributed by atoms with Crippen molar-refractivity contribution < 1.29 is 23.1 Å². The second kappa shape index (κ2) is 10.4. The minimum absolute atomic E-state index is 0.0209. The Labute approximate surface area is 184 Å². The molecule has 1 fully saturated rings. The number of aldehydes is 1. The molecule has 2 unspecified atom stereocenters.